The molecule has 0 spiro atoms. The van der Waals surface area contributed by atoms with E-state index < -0.39 is 0 Å². The van der Waals surface area contributed by atoms with Gasteiger partial charge in [0.25, 0.3) is 0 Å². The quantitative estimate of drug-likeness (QED) is 0.630. The van der Waals surface area contributed by atoms with Crippen LogP contribution >= 0.6 is 0 Å². The number of nitrogens with one attached hydrogen (secondary N) is 2. The lowest BCUT2D eigenvalue weighted by atomic mass is 10.1. The molecule has 0 saturated heterocycles. The van der Waals surface area contributed by atoms with Crippen LogP contribution in [0.1, 0.15) is 18.1 Å². The van der Waals surface area contributed by atoms with Crippen molar-refractivity contribution in [3.05, 3.63) is 71.9 Å². The number of aryl methyl sites for hydroxylation is 1. The van der Waals surface area contributed by atoms with Crippen molar-refractivity contribution in [2.75, 3.05) is 24.3 Å². The fourth-order valence-corrected chi connectivity index (χ4v) is 2.75. The van der Waals surface area contributed by atoms with Gasteiger partial charge in [-0.2, -0.15) is 4.98 Å². The Labute approximate surface area is 154 Å². The first-order chi connectivity index (χ1) is 12.8. The van der Waals surface area contributed by atoms with Crippen molar-refractivity contribution in [2.24, 2.45) is 0 Å². The maximum Gasteiger partial charge on any atom is 0.224 e. The van der Waals surface area contributed by atoms with Crippen LogP contribution in [0, 0.1) is 0 Å². The summed E-state index contributed by atoms with van der Waals surface area (Å²) < 4.78 is 5.26. The second-order valence-electron chi connectivity index (χ2n) is 5.93. The summed E-state index contributed by atoms with van der Waals surface area (Å²) in [7, 11) is 1.68. The van der Waals surface area contributed by atoms with Gasteiger partial charge in [-0.05, 0) is 48.2 Å². The van der Waals surface area contributed by atoms with Gasteiger partial charge in [0.1, 0.15) is 11.6 Å². The number of nitrogens with zero attached hydrogens (tertiary/aromatic N) is 2. The number of aromatic nitrogens is 2. The summed E-state index contributed by atoms with van der Waals surface area (Å²) in [5, 5.41) is 6.66. The van der Waals surface area contributed by atoms with Gasteiger partial charge >= 0.3 is 0 Å². The molecule has 0 atom stereocenters. The van der Waals surface area contributed by atoms with E-state index in [1.807, 2.05) is 30.3 Å². The smallest absolute Gasteiger partial charge is 0.224 e. The third-order valence-corrected chi connectivity index (χ3v) is 4.15. The highest BCUT2D eigenvalue weighted by Gasteiger charge is 2.03. The second kappa shape index (κ2) is 8.85. The number of methoxy groups -OCH3 is 1. The van der Waals surface area contributed by atoms with Gasteiger partial charge in [0.15, 0.2) is 0 Å². The molecule has 0 bridgehead atoms. The third kappa shape index (κ3) is 4.72. The zero-order valence-electron chi connectivity index (χ0n) is 15.2. The lowest BCUT2D eigenvalue weighted by Gasteiger charge is -2.11. The Morgan fingerprint density at radius 2 is 1.92 bits per heavy atom. The van der Waals surface area contributed by atoms with Crippen molar-refractivity contribution in [2.45, 2.75) is 19.8 Å². The number of hydrogen-bond acceptors (Lipinski definition) is 5. The van der Waals surface area contributed by atoms with Crippen molar-refractivity contribution >= 4 is 17.5 Å². The molecule has 0 aliphatic carbocycles. The SMILES string of the molecule is CCc1ccccc1Nc1ccnc(NCCc2cccc(OC)c2)n1. The number of benzene rings is 2. The van der Waals surface area contributed by atoms with E-state index >= 15 is 0 Å². The molecule has 1 heterocycles. The molecule has 2 N–H and O–H groups in total. The van der Waals surface area contributed by atoms with Crippen LogP contribution < -0.4 is 15.4 Å². The molecule has 2 aromatic carbocycles. The fourth-order valence-electron chi connectivity index (χ4n) is 2.75. The number of rotatable bonds is 8. The molecule has 5 heteroatoms. The minimum Gasteiger partial charge on any atom is -0.497 e. The average molecular weight is 348 g/mol. The van der Waals surface area contributed by atoms with Crippen molar-refractivity contribution in [3.63, 3.8) is 0 Å². The zero-order chi connectivity index (χ0) is 18.2. The van der Waals surface area contributed by atoms with E-state index in [1.54, 1.807) is 13.3 Å². The lowest BCUT2D eigenvalue weighted by Crippen LogP contribution is -2.09. The molecule has 0 unspecified atom stereocenters. The van der Waals surface area contributed by atoms with Gasteiger partial charge in [-0.1, -0.05) is 37.3 Å². The Kier molecular flexibility index (Phi) is 6.04. The standard InChI is InChI=1S/C21H24N4O/c1-3-17-8-4-5-10-19(17)24-20-12-14-23-21(25-20)22-13-11-16-7-6-9-18(15-16)26-2/h4-10,12,14-15H,3,11,13H2,1-2H3,(H2,22,23,24,25). The van der Waals surface area contributed by atoms with E-state index in [0.29, 0.717) is 5.95 Å². The summed E-state index contributed by atoms with van der Waals surface area (Å²) in [6.07, 6.45) is 3.61. The minimum absolute atomic E-state index is 0.617. The summed E-state index contributed by atoms with van der Waals surface area (Å²) in [4.78, 5) is 8.85. The number of para-hydroxylation sites is 1. The Balaban J connectivity index is 1.60. The number of ether oxygens (including phenoxy) is 1. The molecule has 0 radical (unpaired) electrons. The van der Waals surface area contributed by atoms with Crippen LogP contribution in [0.15, 0.2) is 60.8 Å². The number of anilines is 3. The predicted octanol–water partition coefficient (Wildman–Crippen LogP) is 4.45. The van der Waals surface area contributed by atoms with Gasteiger partial charge in [-0.25, -0.2) is 4.98 Å². The van der Waals surface area contributed by atoms with Crippen LogP contribution in [0.3, 0.4) is 0 Å². The van der Waals surface area contributed by atoms with Gasteiger partial charge in [-0.3, -0.25) is 0 Å². The van der Waals surface area contributed by atoms with Crippen molar-refractivity contribution in [1.82, 2.24) is 9.97 Å². The van der Waals surface area contributed by atoms with Gasteiger partial charge in [-0.15, -0.1) is 0 Å². The predicted molar refractivity (Wildman–Crippen MR) is 106 cm³/mol. The van der Waals surface area contributed by atoms with E-state index in [9.17, 15) is 0 Å². The normalized spacial score (nSPS) is 10.4. The molecule has 0 aliphatic rings. The summed E-state index contributed by atoms with van der Waals surface area (Å²) in [5.74, 6) is 2.27. The van der Waals surface area contributed by atoms with E-state index in [4.69, 9.17) is 4.74 Å². The average Bonchev–Trinajstić information content (AvgIpc) is 2.69. The van der Waals surface area contributed by atoms with Crippen LogP contribution in [-0.2, 0) is 12.8 Å². The van der Waals surface area contributed by atoms with Crippen LogP contribution in [0.5, 0.6) is 5.75 Å². The van der Waals surface area contributed by atoms with Crippen LogP contribution in [0.25, 0.3) is 0 Å². The van der Waals surface area contributed by atoms with Crippen molar-refractivity contribution in [3.8, 4) is 5.75 Å². The highest BCUT2D eigenvalue weighted by molar-refractivity contribution is 5.61. The third-order valence-electron chi connectivity index (χ3n) is 4.15. The van der Waals surface area contributed by atoms with E-state index in [1.165, 1.54) is 11.1 Å². The van der Waals surface area contributed by atoms with Crippen LogP contribution in [0.2, 0.25) is 0 Å². The molecule has 26 heavy (non-hydrogen) atoms. The summed E-state index contributed by atoms with van der Waals surface area (Å²) >= 11 is 0. The second-order valence-corrected chi connectivity index (χ2v) is 5.93. The van der Waals surface area contributed by atoms with Gasteiger partial charge in [0, 0.05) is 18.4 Å². The largest absolute Gasteiger partial charge is 0.497 e. The maximum absolute atomic E-state index is 5.26. The first kappa shape index (κ1) is 17.7. The number of hydrogen-bond donors (Lipinski definition) is 2. The first-order valence-electron chi connectivity index (χ1n) is 8.83. The summed E-state index contributed by atoms with van der Waals surface area (Å²) in [6, 6.07) is 18.2. The molecule has 0 aliphatic heterocycles. The molecular formula is C21H24N4O. The molecule has 3 rings (SSSR count). The first-order valence-corrected chi connectivity index (χ1v) is 8.83. The molecule has 0 saturated carbocycles. The highest BCUT2D eigenvalue weighted by Crippen LogP contribution is 2.20. The topological polar surface area (TPSA) is 59.1 Å². The van der Waals surface area contributed by atoms with E-state index in [0.717, 1.165) is 36.6 Å². The molecule has 134 valence electrons. The molecule has 5 nitrogen and oxygen atoms in total. The van der Waals surface area contributed by atoms with E-state index in [2.05, 4.69) is 51.8 Å². The Hall–Kier alpha value is -3.08. The highest BCUT2D eigenvalue weighted by atomic mass is 16.5. The molecule has 0 amide bonds. The lowest BCUT2D eigenvalue weighted by molar-refractivity contribution is 0.414. The Bertz CT molecular complexity index is 851. The molecule has 3 aromatic rings. The monoisotopic (exact) mass is 348 g/mol. The summed E-state index contributed by atoms with van der Waals surface area (Å²) in [5.41, 5.74) is 3.55. The molecule has 1 aromatic heterocycles. The van der Waals surface area contributed by atoms with E-state index in [-0.39, 0.29) is 0 Å². The van der Waals surface area contributed by atoms with Gasteiger partial charge in [0.05, 0.1) is 7.11 Å². The van der Waals surface area contributed by atoms with Crippen LogP contribution in [-0.4, -0.2) is 23.6 Å². The maximum atomic E-state index is 5.26. The zero-order valence-corrected chi connectivity index (χ0v) is 15.2. The molecule has 0 fully saturated rings. The fraction of sp³-hybridized carbons (Fsp3) is 0.238. The van der Waals surface area contributed by atoms with Gasteiger partial charge in [0.2, 0.25) is 5.95 Å². The molecular weight excluding hydrogens is 324 g/mol. The van der Waals surface area contributed by atoms with Crippen molar-refractivity contribution in [1.29, 1.82) is 0 Å². The van der Waals surface area contributed by atoms with Gasteiger partial charge < -0.3 is 15.4 Å². The minimum atomic E-state index is 0.617. The Morgan fingerprint density at radius 3 is 2.77 bits per heavy atom. The van der Waals surface area contributed by atoms with Crippen LogP contribution in [0.4, 0.5) is 17.5 Å². The Morgan fingerprint density at radius 1 is 1.04 bits per heavy atom. The van der Waals surface area contributed by atoms with Crippen molar-refractivity contribution < 1.29 is 4.74 Å². The summed E-state index contributed by atoms with van der Waals surface area (Å²) in [6.45, 7) is 2.90.